The Hall–Kier alpha value is -1.47. The highest BCUT2D eigenvalue weighted by Crippen LogP contribution is 2.43. The third kappa shape index (κ3) is 4.58. The van der Waals surface area contributed by atoms with Gasteiger partial charge in [-0.1, -0.05) is 48.4 Å². The summed E-state index contributed by atoms with van der Waals surface area (Å²) in [6.45, 7) is 0.694. The number of benzene rings is 2. The molecule has 0 heterocycles. The van der Waals surface area contributed by atoms with E-state index in [1.165, 1.54) is 12.0 Å². The predicted octanol–water partition coefficient (Wildman–Crippen LogP) is 4.82. The number of rotatable bonds is 5. The zero-order chi connectivity index (χ0) is 17.0. The molecular formula is C19H23ClIN3O. The van der Waals surface area contributed by atoms with Crippen molar-refractivity contribution in [2.24, 2.45) is 10.7 Å². The van der Waals surface area contributed by atoms with E-state index in [0.29, 0.717) is 23.3 Å². The van der Waals surface area contributed by atoms with E-state index in [-0.39, 0.29) is 29.4 Å². The lowest BCUT2D eigenvalue weighted by Gasteiger charge is -2.41. The van der Waals surface area contributed by atoms with Crippen LogP contribution in [0.5, 0.6) is 5.75 Å². The number of hydrogen-bond acceptors (Lipinski definition) is 2. The molecule has 0 aliphatic heterocycles. The van der Waals surface area contributed by atoms with Gasteiger partial charge >= 0.3 is 0 Å². The first-order valence-corrected chi connectivity index (χ1v) is 8.47. The van der Waals surface area contributed by atoms with Gasteiger partial charge in [-0.3, -0.25) is 4.99 Å². The van der Waals surface area contributed by atoms with Crippen LogP contribution < -0.4 is 15.8 Å². The third-order valence-corrected chi connectivity index (χ3v) is 4.97. The lowest BCUT2D eigenvalue weighted by molar-refractivity contribution is 0.254. The standard InChI is InChI=1S/C19H22ClN3O.HI/c1-24-17-9-8-15(12-16(17)20)23-18(21)22-13-19(10-5-11-19)14-6-3-2-4-7-14;/h2-4,6-9,12H,5,10-11,13H2,1H3,(H3,21,22,23);1H. The summed E-state index contributed by atoms with van der Waals surface area (Å²) in [6, 6.07) is 16.0. The molecule has 0 bridgehead atoms. The van der Waals surface area contributed by atoms with Crippen LogP contribution in [0.2, 0.25) is 5.02 Å². The molecule has 0 unspecified atom stereocenters. The van der Waals surface area contributed by atoms with Crippen molar-refractivity contribution >= 4 is 47.2 Å². The molecule has 1 aliphatic rings. The largest absolute Gasteiger partial charge is 0.495 e. The molecule has 2 aromatic rings. The van der Waals surface area contributed by atoms with Gasteiger partial charge in [0.15, 0.2) is 5.96 Å². The van der Waals surface area contributed by atoms with Crippen molar-refractivity contribution in [2.45, 2.75) is 24.7 Å². The summed E-state index contributed by atoms with van der Waals surface area (Å²) >= 11 is 6.13. The highest BCUT2D eigenvalue weighted by molar-refractivity contribution is 14.0. The van der Waals surface area contributed by atoms with Gasteiger partial charge in [-0.2, -0.15) is 0 Å². The van der Waals surface area contributed by atoms with Gasteiger partial charge in [0, 0.05) is 11.1 Å². The van der Waals surface area contributed by atoms with Gasteiger partial charge in [0.1, 0.15) is 5.75 Å². The summed E-state index contributed by atoms with van der Waals surface area (Å²) in [7, 11) is 1.59. The van der Waals surface area contributed by atoms with Crippen LogP contribution in [0, 0.1) is 0 Å². The van der Waals surface area contributed by atoms with E-state index in [1.54, 1.807) is 19.2 Å². The second kappa shape index (κ2) is 8.76. The maximum atomic E-state index is 6.13. The van der Waals surface area contributed by atoms with Crippen LogP contribution in [0.3, 0.4) is 0 Å². The molecule has 1 fully saturated rings. The number of aliphatic imine (C=N–C) groups is 1. The zero-order valence-electron chi connectivity index (χ0n) is 14.2. The Bertz CT molecular complexity index is 733. The van der Waals surface area contributed by atoms with Crippen molar-refractivity contribution < 1.29 is 4.74 Å². The lowest BCUT2D eigenvalue weighted by atomic mass is 9.64. The molecule has 0 amide bonds. The minimum absolute atomic E-state index is 0. The van der Waals surface area contributed by atoms with Crippen LogP contribution in [-0.4, -0.2) is 19.6 Å². The van der Waals surface area contributed by atoms with Gasteiger partial charge in [-0.05, 0) is 36.6 Å². The number of hydrogen-bond donors (Lipinski definition) is 2. The van der Waals surface area contributed by atoms with Crippen LogP contribution in [0.25, 0.3) is 0 Å². The van der Waals surface area contributed by atoms with Crippen molar-refractivity contribution in [2.75, 3.05) is 19.0 Å². The van der Waals surface area contributed by atoms with E-state index in [9.17, 15) is 0 Å². The normalized spacial score (nSPS) is 15.7. The molecule has 25 heavy (non-hydrogen) atoms. The Morgan fingerprint density at radius 3 is 2.52 bits per heavy atom. The van der Waals surface area contributed by atoms with Crippen molar-refractivity contribution in [3.8, 4) is 5.75 Å². The maximum Gasteiger partial charge on any atom is 0.193 e. The molecular weight excluding hydrogens is 449 g/mol. The van der Waals surface area contributed by atoms with Crippen LogP contribution >= 0.6 is 35.6 Å². The van der Waals surface area contributed by atoms with E-state index in [4.69, 9.17) is 22.1 Å². The van der Waals surface area contributed by atoms with Crippen LogP contribution in [0.4, 0.5) is 5.69 Å². The molecule has 134 valence electrons. The Morgan fingerprint density at radius 2 is 1.96 bits per heavy atom. The molecule has 3 rings (SSSR count). The number of guanidine groups is 1. The number of ether oxygens (including phenoxy) is 1. The van der Waals surface area contributed by atoms with E-state index in [0.717, 1.165) is 18.5 Å². The summed E-state index contributed by atoms with van der Waals surface area (Å²) in [6.07, 6.45) is 3.55. The first-order valence-electron chi connectivity index (χ1n) is 8.09. The molecule has 3 N–H and O–H groups in total. The molecule has 0 spiro atoms. The van der Waals surface area contributed by atoms with Crippen LogP contribution in [0.15, 0.2) is 53.5 Å². The number of nitrogens with one attached hydrogen (secondary N) is 1. The summed E-state index contributed by atoms with van der Waals surface area (Å²) < 4.78 is 5.15. The first-order chi connectivity index (χ1) is 11.6. The number of halogens is 2. The van der Waals surface area contributed by atoms with Crippen molar-refractivity contribution in [3.63, 3.8) is 0 Å². The van der Waals surface area contributed by atoms with Gasteiger partial charge in [-0.25, -0.2) is 0 Å². The third-order valence-electron chi connectivity index (χ3n) is 4.67. The zero-order valence-corrected chi connectivity index (χ0v) is 17.3. The average Bonchev–Trinajstić information content (AvgIpc) is 2.55. The molecule has 0 saturated heterocycles. The van der Waals surface area contributed by atoms with Crippen molar-refractivity contribution in [3.05, 3.63) is 59.1 Å². The Balaban J connectivity index is 0.00000225. The average molecular weight is 472 g/mol. The van der Waals surface area contributed by atoms with Gasteiger partial charge in [0.05, 0.1) is 18.7 Å². The van der Waals surface area contributed by atoms with E-state index >= 15 is 0 Å². The van der Waals surface area contributed by atoms with Crippen LogP contribution in [0.1, 0.15) is 24.8 Å². The molecule has 0 aromatic heterocycles. The highest BCUT2D eigenvalue weighted by Gasteiger charge is 2.38. The first kappa shape index (κ1) is 19.8. The number of nitrogens with two attached hydrogens (primary N) is 1. The molecule has 2 aromatic carbocycles. The molecule has 6 heteroatoms. The second-order valence-corrected chi connectivity index (χ2v) is 6.58. The highest BCUT2D eigenvalue weighted by atomic mass is 127. The second-order valence-electron chi connectivity index (χ2n) is 6.18. The summed E-state index contributed by atoms with van der Waals surface area (Å²) in [5, 5.41) is 3.63. The minimum atomic E-state index is 0. The number of nitrogens with zero attached hydrogens (tertiary/aromatic N) is 1. The number of methoxy groups -OCH3 is 1. The summed E-state index contributed by atoms with van der Waals surface area (Å²) in [5.41, 5.74) is 8.33. The van der Waals surface area contributed by atoms with Gasteiger partial charge in [0.25, 0.3) is 0 Å². The quantitative estimate of drug-likeness (QED) is 0.374. The fraction of sp³-hybridized carbons (Fsp3) is 0.316. The number of anilines is 1. The molecule has 1 saturated carbocycles. The molecule has 4 nitrogen and oxygen atoms in total. The fourth-order valence-electron chi connectivity index (χ4n) is 3.10. The van der Waals surface area contributed by atoms with Crippen LogP contribution in [-0.2, 0) is 5.41 Å². The van der Waals surface area contributed by atoms with Gasteiger partial charge < -0.3 is 15.8 Å². The Kier molecular flexibility index (Phi) is 6.95. The SMILES string of the molecule is COc1ccc(NC(N)=NCC2(c3ccccc3)CCC2)cc1Cl.I. The molecule has 0 radical (unpaired) electrons. The Morgan fingerprint density at radius 1 is 1.24 bits per heavy atom. The predicted molar refractivity (Wildman–Crippen MR) is 116 cm³/mol. The maximum absolute atomic E-state index is 6.13. The van der Waals surface area contributed by atoms with E-state index < -0.39 is 0 Å². The lowest BCUT2D eigenvalue weighted by Crippen LogP contribution is -2.38. The fourth-order valence-corrected chi connectivity index (χ4v) is 3.36. The molecule has 0 atom stereocenters. The van der Waals surface area contributed by atoms with Gasteiger partial charge in [0.2, 0.25) is 0 Å². The van der Waals surface area contributed by atoms with Crippen molar-refractivity contribution in [1.82, 2.24) is 0 Å². The summed E-state index contributed by atoms with van der Waals surface area (Å²) in [5.74, 6) is 1.04. The topological polar surface area (TPSA) is 59.6 Å². The molecule has 1 aliphatic carbocycles. The summed E-state index contributed by atoms with van der Waals surface area (Å²) in [4.78, 5) is 4.57. The Labute approximate surface area is 170 Å². The van der Waals surface area contributed by atoms with Gasteiger partial charge in [-0.15, -0.1) is 24.0 Å². The smallest absolute Gasteiger partial charge is 0.193 e. The van der Waals surface area contributed by atoms with Crippen molar-refractivity contribution in [1.29, 1.82) is 0 Å². The van der Waals surface area contributed by atoms with E-state index in [1.807, 2.05) is 12.1 Å². The monoisotopic (exact) mass is 471 g/mol. The minimum Gasteiger partial charge on any atom is -0.495 e. The van der Waals surface area contributed by atoms with E-state index in [2.05, 4.69) is 34.6 Å².